The monoisotopic (exact) mass is 611 g/mol. The van der Waals surface area contributed by atoms with Crippen LogP contribution in [0.2, 0.25) is 4.34 Å². The van der Waals surface area contributed by atoms with Crippen LogP contribution in [0.3, 0.4) is 0 Å². The first kappa shape index (κ1) is 27.6. The van der Waals surface area contributed by atoms with Crippen molar-refractivity contribution in [1.29, 1.82) is 0 Å². The molecule has 3 N–H and O–H groups in total. The van der Waals surface area contributed by atoms with E-state index in [4.69, 9.17) is 11.6 Å². The van der Waals surface area contributed by atoms with Gasteiger partial charge in [0.05, 0.1) is 17.9 Å². The minimum Gasteiger partial charge on any atom is -0.406 e. The third kappa shape index (κ3) is 6.60. The minimum atomic E-state index is -4.82. The van der Waals surface area contributed by atoms with Crippen molar-refractivity contribution in [2.75, 3.05) is 21.9 Å². The average Bonchev–Trinajstić information content (AvgIpc) is 3.64. The van der Waals surface area contributed by atoms with Crippen LogP contribution in [-0.4, -0.2) is 40.1 Å². The van der Waals surface area contributed by atoms with Crippen LogP contribution in [0.5, 0.6) is 5.75 Å². The highest BCUT2D eigenvalue weighted by Gasteiger charge is 2.31. The molecule has 0 aliphatic heterocycles. The second-order valence-electron chi connectivity index (χ2n) is 8.37. The van der Waals surface area contributed by atoms with Gasteiger partial charge in [0.15, 0.2) is 5.13 Å². The number of hydrogen-bond acceptors (Lipinski definition) is 8. The molecule has 2 aromatic carbocycles. The summed E-state index contributed by atoms with van der Waals surface area (Å²) in [5, 5.41) is 11.1. The highest BCUT2D eigenvalue weighted by atomic mass is 35.5. The summed E-state index contributed by atoms with van der Waals surface area (Å²) in [5.74, 6) is -0.345. The number of alkyl halides is 3. The first-order chi connectivity index (χ1) is 19.1. The number of benzene rings is 2. The largest absolute Gasteiger partial charge is 0.573 e. The van der Waals surface area contributed by atoms with Gasteiger partial charge in [0.25, 0.3) is 0 Å². The molecule has 0 aliphatic carbocycles. The molecule has 0 unspecified atom stereocenters. The Bertz CT molecular complexity index is 1720. The molecular formula is C24H21ClF3N7O3S2. The maximum Gasteiger partial charge on any atom is 0.573 e. The third-order valence-electron chi connectivity index (χ3n) is 5.64. The van der Waals surface area contributed by atoms with Crippen LogP contribution in [0.1, 0.15) is 5.56 Å². The quantitative estimate of drug-likeness (QED) is 0.174. The van der Waals surface area contributed by atoms with E-state index in [9.17, 15) is 21.6 Å². The zero-order chi connectivity index (χ0) is 28.3. The van der Waals surface area contributed by atoms with Gasteiger partial charge in [-0.05, 0) is 35.9 Å². The van der Waals surface area contributed by atoms with E-state index in [1.54, 1.807) is 18.2 Å². The van der Waals surface area contributed by atoms with E-state index in [-0.39, 0.29) is 17.4 Å². The fraction of sp³-hybridized carbons (Fsp3) is 0.167. The maximum absolute atomic E-state index is 12.9. The molecule has 5 rings (SSSR count). The summed E-state index contributed by atoms with van der Waals surface area (Å²) < 4.78 is 73.9. The zero-order valence-corrected chi connectivity index (χ0v) is 22.8. The lowest BCUT2D eigenvalue weighted by Gasteiger charge is -2.17. The minimum absolute atomic E-state index is 0.0951. The van der Waals surface area contributed by atoms with Gasteiger partial charge in [-0.1, -0.05) is 35.1 Å². The molecule has 0 bridgehead atoms. The lowest BCUT2D eigenvalue weighted by Crippen LogP contribution is -2.22. The second-order valence-corrected chi connectivity index (χ2v) is 11.5. The molecule has 0 spiro atoms. The second kappa shape index (κ2) is 11.3. The summed E-state index contributed by atoms with van der Waals surface area (Å²) in [6, 6.07) is 12.8. The van der Waals surface area contributed by atoms with Gasteiger partial charge in [-0.25, -0.2) is 9.71 Å². The molecule has 0 amide bonds. The standard InChI is InChI=1S/C24H21ClF3N7O3S2/c25-22-15-31-23(39-22)33-40(36,37)35-21-5-3-4-19(18(21)14-32-35)30-13-16-6-7-17(38-24(26,27)28)12-20(16)29-8-11-34-9-1-2-10-34/h1-7,9-10,12,14-15,29-30H,8,11,13H2,(H,31,33). The van der Waals surface area contributed by atoms with Crippen molar-refractivity contribution < 1.29 is 26.3 Å². The Balaban J connectivity index is 1.36. The van der Waals surface area contributed by atoms with Crippen LogP contribution in [0, 0.1) is 0 Å². The molecule has 10 nitrogen and oxygen atoms in total. The van der Waals surface area contributed by atoms with Crippen molar-refractivity contribution in [3.63, 3.8) is 0 Å². The molecule has 0 saturated carbocycles. The predicted octanol–water partition coefficient (Wildman–Crippen LogP) is 5.78. The summed E-state index contributed by atoms with van der Waals surface area (Å²) in [6.45, 7) is 1.26. The summed E-state index contributed by atoms with van der Waals surface area (Å²) in [6.07, 6.45) is 1.69. The van der Waals surface area contributed by atoms with E-state index in [2.05, 4.69) is 30.2 Å². The summed E-state index contributed by atoms with van der Waals surface area (Å²) in [7, 11) is -4.12. The van der Waals surface area contributed by atoms with Crippen LogP contribution >= 0.6 is 22.9 Å². The average molecular weight is 612 g/mol. The summed E-state index contributed by atoms with van der Waals surface area (Å²) in [4.78, 5) is 3.91. The lowest BCUT2D eigenvalue weighted by molar-refractivity contribution is -0.274. The number of fused-ring (bicyclic) bond motifs is 1. The van der Waals surface area contributed by atoms with Crippen LogP contribution in [0.15, 0.2) is 73.3 Å². The van der Waals surface area contributed by atoms with Crippen molar-refractivity contribution in [3.05, 3.63) is 83.2 Å². The topological polar surface area (TPSA) is 115 Å². The molecule has 0 atom stereocenters. The molecule has 210 valence electrons. The molecule has 3 aromatic heterocycles. The molecule has 0 fully saturated rings. The Hall–Kier alpha value is -3.95. The van der Waals surface area contributed by atoms with Crippen LogP contribution < -0.4 is 20.1 Å². The van der Waals surface area contributed by atoms with Gasteiger partial charge < -0.3 is 19.9 Å². The summed E-state index contributed by atoms with van der Waals surface area (Å²) >= 11 is 6.81. The Kier molecular flexibility index (Phi) is 7.78. The molecular weight excluding hydrogens is 591 g/mol. The van der Waals surface area contributed by atoms with Crippen LogP contribution in [0.25, 0.3) is 10.9 Å². The lowest BCUT2D eigenvalue weighted by atomic mass is 10.1. The Morgan fingerprint density at radius 3 is 2.55 bits per heavy atom. The van der Waals surface area contributed by atoms with E-state index in [0.29, 0.717) is 45.3 Å². The fourth-order valence-corrected chi connectivity index (χ4v) is 6.02. The molecule has 3 heterocycles. The van der Waals surface area contributed by atoms with Gasteiger partial charge in [-0.3, -0.25) is 0 Å². The van der Waals surface area contributed by atoms with E-state index >= 15 is 0 Å². The van der Waals surface area contributed by atoms with Crippen molar-refractivity contribution in [1.82, 2.24) is 18.7 Å². The predicted molar refractivity (Wildman–Crippen MR) is 148 cm³/mol. The smallest absolute Gasteiger partial charge is 0.406 e. The molecule has 0 radical (unpaired) electrons. The van der Waals surface area contributed by atoms with Crippen LogP contribution in [-0.2, 0) is 23.3 Å². The van der Waals surface area contributed by atoms with Gasteiger partial charge in [0, 0.05) is 54.9 Å². The highest BCUT2D eigenvalue weighted by Crippen LogP contribution is 2.30. The zero-order valence-electron chi connectivity index (χ0n) is 20.4. The number of halogens is 4. The van der Waals surface area contributed by atoms with Crippen molar-refractivity contribution in [2.24, 2.45) is 0 Å². The Labute approximate surface area is 235 Å². The number of nitrogens with zero attached hydrogens (tertiary/aromatic N) is 4. The SMILES string of the molecule is O=S(=O)(Nc1ncc(Cl)s1)n1ncc2c(NCc3ccc(OC(F)(F)F)cc3NCCn3cccc3)cccc21. The molecule has 5 aromatic rings. The number of rotatable bonds is 11. The number of anilines is 3. The van der Waals surface area contributed by atoms with Gasteiger partial charge >= 0.3 is 16.6 Å². The van der Waals surface area contributed by atoms with E-state index in [0.717, 1.165) is 15.4 Å². The molecule has 16 heteroatoms. The van der Waals surface area contributed by atoms with Gasteiger partial charge in [0.1, 0.15) is 10.1 Å². The number of nitrogens with one attached hydrogen (secondary N) is 3. The highest BCUT2D eigenvalue weighted by molar-refractivity contribution is 7.91. The molecule has 0 saturated heterocycles. The van der Waals surface area contributed by atoms with E-state index in [1.807, 2.05) is 29.1 Å². The van der Waals surface area contributed by atoms with Gasteiger partial charge in [-0.2, -0.15) is 13.5 Å². The molecule has 40 heavy (non-hydrogen) atoms. The van der Waals surface area contributed by atoms with Crippen LogP contribution in [0.4, 0.5) is 29.7 Å². The number of ether oxygens (including phenoxy) is 1. The number of aromatic nitrogens is 4. The Morgan fingerprint density at radius 1 is 1.02 bits per heavy atom. The van der Waals surface area contributed by atoms with E-state index < -0.39 is 16.6 Å². The summed E-state index contributed by atoms with van der Waals surface area (Å²) in [5.41, 5.74) is 2.00. The maximum atomic E-state index is 12.9. The fourth-order valence-electron chi connectivity index (χ4n) is 3.93. The van der Waals surface area contributed by atoms with Gasteiger partial charge in [-0.15, -0.1) is 17.3 Å². The first-order valence-corrected chi connectivity index (χ1v) is 14.3. The normalized spacial score (nSPS) is 12.0. The van der Waals surface area contributed by atoms with Gasteiger partial charge in [0.2, 0.25) is 0 Å². The van der Waals surface area contributed by atoms with Crippen molar-refractivity contribution in [3.8, 4) is 5.75 Å². The van der Waals surface area contributed by atoms with E-state index in [1.165, 1.54) is 30.6 Å². The first-order valence-electron chi connectivity index (χ1n) is 11.7. The van der Waals surface area contributed by atoms with Crippen molar-refractivity contribution in [2.45, 2.75) is 19.5 Å². The Morgan fingerprint density at radius 2 is 1.82 bits per heavy atom. The third-order valence-corrected chi connectivity index (χ3v) is 8.00. The number of thiazole rings is 1. The number of hydrogen-bond donors (Lipinski definition) is 3. The molecule has 0 aliphatic rings. The van der Waals surface area contributed by atoms with Crippen molar-refractivity contribution >= 4 is 60.6 Å².